The van der Waals surface area contributed by atoms with E-state index in [-0.39, 0.29) is 40.4 Å². The van der Waals surface area contributed by atoms with Gasteiger partial charge in [-0.25, -0.2) is 15.0 Å². The number of likely N-dealkylation sites (tertiary alicyclic amines) is 1. The van der Waals surface area contributed by atoms with Gasteiger partial charge in [0.2, 0.25) is 5.95 Å². The molecule has 0 amide bonds. The van der Waals surface area contributed by atoms with Gasteiger partial charge in [-0.05, 0) is 44.2 Å². The van der Waals surface area contributed by atoms with Crippen molar-refractivity contribution in [1.29, 1.82) is 5.26 Å². The van der Waals surface area contributed by atoms with Crippen molar-refractivity contribution in [2.75, 3.05) is 25.5 Å². The molecule has 11 heteroatoms. The number of nitrogens with zero attached hydrogens (tertiary/aromatic N) is 5. The predicted molar refractivity (Wildman–Crippen MR) is 132 cm³/mol. The van der Waals surface area contributed by atoms with Crippen LogP contribution in [0.3, 0.4) is 0 Å². The average Bonchev–Trinajstić information content (AvgIpc) is 3.49. The van der Waals surface area contributed by atoms with Crippen molar-refractivity contribution in [2.45, 2.75) is 31.7 Å². The number of halogens is 3. The van der Waals surface area contributed by atoms with E-state index in [0.717, 1.165) is 43.1 Å². The highest BCUT2D eigenvalue weighted by atomic mass is 19.4. The third-order valence-corrected chi connectivity index (χ3v) is 6.40. The molecule has 0 radical (unpaired) electrons. The number of nitriles is 1. The van der Waals surface area contributed by atoms with Crippen molar-refractivity contribution < 1.29 is 17.9 Å². The molecule has 0 bridgehead atoms. The van der Waals surface area contributed by atoms with Crippen LogP contribution >= 0.6 is 0 Å². The summed E-state index contributed by atoms with van der Waals surface area (Å²) in [6.07, 6.45) is 0.255. The fourth-order valence-corrected chi connectivity index (χ4v) is 4.39. The van der Waals surface area contributed by atoms with Crippen molar-refractivity contribution >= 4 is 17.0 Å². The topological polar surface area (TPSA) is 103 Å². The molecule has 37 heavy (non-hydrogen) atoms. The maximum absolute atomic E-state index is 13.3. The standard InChI is InChI=1S/C26H24F3N7O/c1-15(16-3-5-19(6-4-16)37-20-7-8-36(2)14-20)34-25-33-11-17(10-30)23(35-25)22-13-32-24-21(22)9-18(12-31-24)26(27,28)29/h3-6,9,11-13,15,20H,7-8,14H2,1-2H3,(H,31,32)(H,33,34,35)/t15-,20-/m0/s1. The van der Waals surface area contributed by atoms with E-state index in [1.165, 1.54) is 12.4 Å². The van der Waals surface area contributed by atoms with Gasteiger partial charge < -0.3 is 19.9 Å². The molecule has 1 fully saturated rings. The third kappa shape index (κ3) is 5.20. The van der Waals surface area contributed by atoms with Crippen LogP contribution in [0.2, 0.25) is 0 Å². The molecule has 8 nitrogen and oxygen atoms in total. The Bertz CT molecular complexity index is 1460. The van der Waals surface area contributed by atoms with E-state index < -0.39 is 11.7 Å². The lowest BCUT2D eigenvalue weighted by atomic mass is 10.1. The Hall–Kier alpha value is -4.17. The highest BCUT2D eigenvalue weighted by molar-refractivity contribution is 5.94. The largest absolute Gasteiger partial charge is 0.489 e. The second-order valence-electron chi connectivity index (χ2n) is 9.11. The van der Waals surface area contributed by atoms with Gasteiger partial charge in [0.1, 0.15) is 23.6 Å². The zero-order valence-corrected chi connectivity index (χ0v) is 20.2. The van der Waals surface area contributed by atoms with Gasteiger partial charge in [-0.3, -0.25) is 0 Å². The van der Waals surface area contributed by atoms with Crippen molar-refractivity contribution in [3.8, 4) is 23.1 Å². The number of likely N-dealkylation sites (N-methyl/N-ethyl adjacent to an activating group) is 1. The number of aromatic amines is 1. The van der Waals surface area contributed by atoms with Gasteiger partial charge in [0.25, 0.3) is 0 Å². The summed E-state index contributed by atoms with van der Waals surface area (Å²) in [5, 5.41) is 13.0. The van der Waals surface area contributed by atoms with E-state index >= 15 is 0 Å². The van der Waals surface area contributed by atoms with Crippen LogP contribution in [0.4, 0.5) is 19.1 Å². The third-order valence-electron chi connectivity index (χ3n) is 6.40. The number of anilines is 1. The van der Waals surface area contributed by atoms with Gasteiger partial charge in [0, 0.05) is 36.4 Å². The van der Waals surface area contributed by atoms with Crippen LogP contribution in [0.25, 0.3) is 22.3 Å². The Morgan fingerprint density at radius 1 is 1.22 bits per heavy atom. The predicted octanol–water partition coefficient (Wildman–Crippen LogP) is 5.17. The number of benzene rings is 1. The number of aromatic nitrogens is 4. The molecule has 0 unspecified atom stereocenters. The summed E-state index contributed by atoms with van der Waals surface area (Å²) in [5.41, 5.74) is 1.03. The SMILES string of the molecule is C[C@H](Nc1ncc(C#N)c(-c2c[nH]c3ncc(C(F)(F)F)cc23)n1)c1ccc(O[C@H]2CCN(C)C2)cc1. The Morgan fingerprint density at radius 2 is 2.00 bits per heavy atom. The lowest BCUT2D eigenvalue weighted by Gasteiger charge is -2.17. The molecule has 0 aliphatic carbocycles. The van der Waals surface area contributed by atoms with E-state index in [9.17, 15) is 18.4 Å². The molecule has 4 aromatic rings. The number of nitrogens with one attached hydrogen (secondary N) is 2. The highest BCUT2D eigenvalue weighted by Gasteiger charge is 2.32. The minimum absolute atomic E-state index is 0.135. The second kappa shape index (κ2) is 9.71. The summed E-state index contributed by atoms with van der Waals surface area (Å²) < 4.78 is 45.8. The maximum Gasteiger partial charge on any atom is 0.417 e. The quantitative estimate of drug-likeness (QED) is 0.371. The van der Waals surface area contributed by atoms with Crippen LogP contribution < -0.4 is 10.1 Å². The molecule has 2 N–H and O–H groups in total. The van der Waals surface area contributed by atoms with Gasteiger partial charge in [-0.15, -0.1) is 0 Å². The van der Waals surface area contributed by atoms with Crippen LogP contribution in [0.5, 0.6) is 5.75 Å². The molecular weight excluding hydrogens is 483 g/mol. The first-order valence-corrected chi connectivity index (χ1v) is 11.7. The molecule has 1 aliphatic rings. The first kappa shape index (κ1) is 24.5. The maximum atomic E-state index is 13.3. The molecule has 3 aromatic heterocycles. The molecular formula is C26H24F3N7O. The summed E-state index contributed by atoms with van der Waals surface area (Å²) >= 11 is 0. The Morgan fingerprint density at radius 3 is 2.68 bits per heavy atom. The summed E-state index contributed by atoms with van der Waals surface area (Å²) in [5.74, 6) is 1.05. The molecule has 1 aliphatic heterocycles. The van der Waals surface area contributed by atoms with E-state index in [1.54, 1.807) is 0 Å². The van der Waals surface area contributed by atoms with Crippen LogP contribution in [-0.2, 0) is 6.18 Å². The number of fused-ring (bicyclic) bond motifs is 1. The van der Waals surface area contributed by atoms with Crippen molar-refractivity contribution in [1.82, 2.24) is 24.8 Å². The summed E-state index contributed by atoms with van der Waals surface area (Å²) in [7, 11) is 2.08. The molecule has 5 rings (SSSR count). The molecule has 190 valence electrons. The monoisotopic (exact) mass is 507 g/mol. The van der Waals surface area contributed by atoms with Gasteiger partial charge in [-0.2, -0.15) is 18.4 Å². The zero-order chi connectivity index (χ0) is 26.2. The summed E-state index contributed by atoms with van der Waals surface area (Å²) in [6.45, 7) is 3.87. The molecule has 1 saturated heterocycles. The van der Waals surface area contributed by atoms with Crippen LogP contribution in [0.1, 0.15) is 36.1 Å². The highest BCUT2D eigenvalue weighted by Crippen LogP contribution is 2.35. The number of hydrogen-bond acceptors (Lipinski definition) is 7. The van der Waals surface area contributed by atoms with Crippen LogP contribution in [-0.4, -0.2) is 51.1 Å². The molecule has 1 aromatic carbocycles. The fraction of sp³-hybridized carbons (Fsp3) is 0.308. The average molecular weight is 508 g/mol. The van der Waals surface area contributed by atoms with E-state index in [4.69, 9.17) is 4.74 Å². The van der Waals surface area contributed by atoms with Crippen molar-refractivity contribution in [3.05, 3.63) is 65.6 Å². The van der Waals surface area contributed by atoms with Crippen LogP contribution in [0, 0.1) is 11.3 Å². The van der Waals surface area contributed by atoms with Gasteiger partial charge in [0.05, 0.1) is 29.1 Å². The normalized spacial score (nSPS) is 17.0. The van der Waals surface area contributed by atoms with E-state index in [1.807, 2.05) is 37.3 Å². The molecule has 0 saturated carbocycles. The lowest BCUT2D eigenvalue weighted by molar-refractivity contribution is -0.137. The number of H-pyrrole nitrogens is 1. The molecule has 0 spiro atoms. The Kier molecular flexibility index (Phi) is 6.43. The molecule has 4 heterocycles. The first-order chi connectivity index (χ1) is 17.7. The Labute approximate surface area is 211 Å². The second-order valence-corrected chi connectivity index (χ2v) is 9.11. The Balaban J connectivity index is 1.38. The number of ether oxygens (including phenoxy) is 1. The zero-order valence-electron chi connectivity index (χ0n) is 20.2. The minimum Gasteiger partial charge on any atom is -0.489 e. The number of alkyl halides is 3. The summed E-state index contributed by atoms with van der Waals surface area (Å²) in [6, 6.07) is 10.6. The minimum atomic E-state index is -4.55. The van der Waals surface area contributed by atoms with Gasteiger partial charge >= 0.3 is 6.18 Å². The van der Waals surface area contributed by atoms with Gasteiger partial charge in [0.15, 0.2) is 0 Å². The summed E-state index contributed by atoms with van der Waals surface area (Å²) in [4.78, 5) is 17.7. The number of rotatable bonds is 6. The lowest BCUT2D eigenvalue weighted by Crippen LogP contribution is -2.21. The fourth-order valence-electron chi connectivity index (χ4n) is 4.39. The molecule has 2 atom stereocenters. The number of hydrogen-bond donors (Lipinski definition) is 2. The van der Waals surface area contributed by atoms with Crippen molar-refractivity contribution in [2.24, 2.45) is 0 Å². The number of pyridine rings is 1. The van der Waals surface area contributed by atoms with Gasteiger partial charge in [-0.1, -0.05) is 12.1 Å². The first-order valence-electron chi connectivity index (χ1n) is 11.7. The smallest absolute Gasteiger partial charge is 0.417 e. The van der Waals surface area contributed by atoms with Crippen molar-refractivity contribution in [3.63, 3.8) is 0 Å². The van der Waals surface area contributed by atoms with E-state index in [0.29, 0.717) is 5.56 Å². The van der Waals surface area contributed by atoms with E-state index in [2.05, 4.69) is 37.2 Å². The van der Waals surface area contributed by atoms with Crippen LogP contribution in [0.15, 0.2) is 48.9 Å².